The summed E-state index contributed by atoms with van der Waals surface area (Å²) in [4.78, 5) is 23.1. The largest absolute Gasteiger partial charge is 0.480 e. The van der Waals surface area contributed by atoms with E-state index >= 15 is 0 Å². The molecule has 0 aliphatic heterocycles. The Hall–Kier alpha value is -2.19. The molecule has 0 bridgehead atoms. The molecule has 0 heterocycles. The highest BCUT2D eigenvalue weighted by atomic mass is 32.2. The first-order valence-electron chi connectivity index (χ1n) is 6.93. The minimum Gasteiger partial charge on any atom is -0.480 e. The van der Waals surface area contributed by atoms with Gasteiger partial charge in [-0.15, -0.1) is 6.58 Å². The van der Waals surface area contributed by atoms with Crippen molar-refractivity contribution >= 4 is 21.9 Å². The van der Waals surface area contributed by atoms with Gasteiger partial charge in [0.2, 0.25) is 10.0 Å². The fourth-order valence-corrected chi connectivity index (χ4v) is 2.77. The van der Waals surface area contributed by atoms with Crippen molar-refractivity contribution in [2.75, 3.05) is 6.54 Å². The summed E-state index contributed by atoms with van der Waals surface area (Å²) in [5.41, 5.74) is 0.180. The molecule has 1 aromatic rings. The van der Waals surface area contributed by atoms with Gasteiger partial charge in [-0.05, 0) is 30.2 Å². The maximum atomic E-state index is 12.0. The molecule has 7 nitrogen and oxygen atoms in total. The maximum absolute atomic E-state index is 12.0. The molecule has 1 atom stereocenters. The molecule has 0 unspecified atom stereocenters. The van der Waals surface area contributed by atoms with Crippen LogP contribution in [0.5, 0.6) is 0 Å². The topological polar surface area (TPSA) is 113 Å². The summed E-state index contributed by atoms with van der Waals surface area (Å²) in [6.07, 6.45) is 1.41. The molecule has 1 aromatic carbocycles. The minimum atomic E-state index is -3.66. The predicted molar refractivity (Wildman–Crippen MR) is 85.6 cm³/mol. The number of hydrogen-bond acceptors (Lipinski definition) is 4. The van der Waals surface area contributed by atoms with Gasteiger partial charge in [-0.2, -0.15) is 0 Å². The fraction of sp³-hybridized carbons (Fsp3) is 0.333. The van der Waals surface area contributed by atoms with Crippen LogP contribution < -0.4 is 10.0 Å². The van der Waals surface area contributed by atoms with Crippen molar-refractivity contribution in [2.45, 2.75) is 24.8 Å². The van der Waals surface area contributed by atoms with Crippen LogP contribution in [-0.4, -0.2) is 38.0 Å². The Balaban J connectivity index is 2.90. The van der Waals surface area contributed by atoms with E-state index in [0.717, 1.165) is 0 Å². The zero-order valence-corrected chi connectivity index (χ0v) is 13.8. The van der Waals surface area contributed by atoms with E-state index in [4.69, 9.17) is 5.11 Å². The maximum Gasteiger partial charge on any atom is 0.326 e. The fourth-order valence-electron chi connectivity index (χ4n) is 1.78. The number of sulfonamides is 1. The molecule has 0 saturated heterocycles. The number of hydrogen-bond donors (Lipinski definition) is 3. The molecular formula is C15H20N2O5S. The number of rotatable bonds is 8. The molecule has 0 aliphatic carbocycles. The monoisotopic (exact) mass is 340 g/mol. The van der Waals surface area contributed by atoms with Gasteiger partial charge in [0.15, 0.2) is 0 Å². The van der Waals surface area contributed by atoms with Crippen molar-refractivity contribution in [2.24, 2.45) is 5.92 Å². The molecule has 3 N–H and O–H groups in total. The summed E-state index contributed by atoms with van der Waals surface area (Å²) < 4.78 is 26.1. The Kier molecular flexibility index (Phi) is 6.47. The average Bonchev–Trinajstić information content (AvgIpc) is 2.49. The summed E-state index contributed by atoms with van der Waals surface area (Å²) >= 11 is 0. The van der Waals surface area contributed by atoms with Gasteiger partial charge >= 0.3 is 5.97 Å². The summed E-state index contributed by atoms with van der Waals surface area (Å²) in [6.45, 7) is 6.88. The smallest absolute Gasteiger partial charge is 0.326 e. The Morgan fingerprint density at radius 2 is 1.83 bits per heavy atom. The standard InChI is InChI=1S/C15H20N2O5S/c1-4-9-16-23(21,22)12-7-5-11(6-8-12)14(18)17-13(10(2)3)15(19)20/h4-8,10,13,16H,1,9H2,2-3H3,(H,17,18)(H,19,20)/t13-/m1/s1. The van der Waals surface area contributed by atoms with Gasteiger partial charge in [0.1, 0.15) is 6.04 Å². The third-order valence-electron chi connectivity index (χ3n) is 3.06. The second-order valence-electron chi connectivity index (χ2n) is 5.20. The molecule has 0 saturated carbocycles. The number of benzene rings is 1. The van der Waals surface area contributed by atoms with E-state index in [0.29, 0.717) is 0 Å². The van der Waals surface area contributed by atoms with Crippen LogP contribution in [0.15, 0.2) is 41.8 Å². The molecule has 1 rings (SSSR count). The third kappa shape index (κ3) is 5.19. The SMILES string of the molecule is C=CCNS(=O)(=O)c1ccc(C(=O)N[C@@H](C(=O)O)C(C)C)cc1. The highest BCUT2D eigenvalue weighted by Crippen LogP contribution is 2.11. The Labute approximate surface area is 135 Å². The molecule has 0 fully saturated rings. The molecule has 0 spiro atoms. The zero-order valence-electron chi connectivity index (χ0n) is 12.9. The van der Waals surface area contributed by atoms with Gasteiger partial charge in [0, 0.05) is 12.1 Å². The average molecular weight is 340 g/mol. The van der Waals surface area contributed by atoms with Crippen molar-refractivity contribution in [3.63, 3.8) is 0 Å². The highest BCUT2D eigenvalue weighted by molar-refractivity contribution is 7.89. The first-order valence-corrected chi connectivity index (χ1v) is 8.41. The predicted octanol–water partition coefficient (Wildman–Crippen LogP) is 0.990. The van der Waals surface area contributed by atoms with Crippen molar-refractivity contribution < 1.29 is 23.1 Å². The van der Waals surface area contributed by atoms with Crippen LogP contribution in [0, 0.1) is 5.92 Å². The van der Waals surface area contributed by atoms with E-state index in [2.05, 4.69) is 16.6 Å². The van der Waals surface area contributed by atoms with Gasteiger partial charge in [0.05, 0.1) is 4.90 Å². The van der Waals surface area contributed by atoms with Crippen molar-refractivity contribution in [1.29, 1.82) is 0 Å². The van der Waals surface area contributed by atoms with E-state index in [-0.39, 0.29) is 22.9 Å². The Morgan fingerprint density at radius 3 is 2.26 bits per heavy atom. The number of carboxylic acid groups (broad SMARTS) is 1. The Morgan fingerprint density at radius 1 is 1.26 bits per heavy atom. The number of carbonyl (C=O) groups excluding carboxylic acids is 1. The normalized spacial score (nSPS) is 12.7. The van der Waals surface area contributed by atoms with Crippen LogP contribution in [0.3, 0.4) is 0 Å². The van der Waals surface area contributed by atoms with E-state index < -0.39 is 27.9 Å². The molecule has 23 heavy (non-hydrogen) atoms. The quantitative estimate of drug-likeness (QED) is 0.611. The lowest BCUT2D eigenvalue weighted by Gasteiger charge is -2.17. The number of aliphatic carboxylic acids is 1. The molecule has 0 aliphatic rings. The van der Waals surface area contributed by atoms with E-state index in [1.54, 1.807) is 13.8 Å². The summed E-state index contributed by atoms with van der Waals surface area (Å²) in [5, 5.41) is 11.5. The summed E-state index contributed by atoms with van der Waals surface area (Å²) in [6, 6.07) is 4.21. The molecular weight excluding hydrogens is 320 g/mol. The second kappa shape index (κ2) is 7.89. The van der Waals surface area contributed by atoms with E-state index in [1.165, 1.54) is 30.3 Å². The lowest BCUT2D eigenvalue weighted by Crippen LogP contribution is -2.44. The lowest BCUT2D eigenvalue weighted by molar-refractivity contribution is -0.140. The first-order chi connectivity index (χ1) is 10.7. The Bertz CT molecular complexity index is 680. The van der Waals surface area contributed by atoms with Gasteiger partial charge in [-0.1, -0.05) is 19.9 Å². The van der Waals surface area contributed by atoms with Gasteiger partial charge < -0.3 is 10.4 Å². The number of carbonyl (C=O) groups is 2. The van der Waals surface area contributed by atoms with Crippen molar-refractivity contribution in [3.05, 3.63) is 42.5 Å². The van der Waals surface area contributed by atoms with Gasteiger partial charge in [-0.25, -0.2) is 17.9 Å². The van der Waals surface area contributed by atoms with Crippen LogP contribution in [0.2, 0.25) is 0 Å². The van der Waals surface area contributed by atoms with Crippen LogP contribution in [0.1, 0.15) is 24.2 Å². The van der Waals surface area contributed by atoms with Gasteiger partial charge in [0.25, 0.3) is 5.91 Å². The van der Waals surface area contributed by atoms with E-state index in [1.807, 2.05) is 0 Å². The summed E-state index contributed by atoms with van der Waals surface area (Å²) in [7, 11) is -3.66. The number of carboxylic acids is 1. The zero-order chi connectivity index (χ0) is 17.6. The highest BCUT2D eigenvalue weighted by Gasteiger charge is 2.24. The molecule has 0 radical (unpaired) electrons. The summed E-state index contributed by atoms with van der Waals surface area (Å²) in [5.74, 6) is -1.98. The third-order valence-corrected chi connectivity index (χ3v) is 4.50. The molecule has 126 valence electrons. The lowest BCUT2D eigenvalue weighted by atomic mass is 10.0. The number of amides is 1. The van der Waals surface area contributed by atoms with Crippen LogP contribution in [0.4, 0.5) is 0 Å². The van der Waals surface area contributed by atoms with Crippen LogP contribution in [0.25, 0.3) is 0 Å². The van der Waals surface area contributed by atoms with Crippen LogP contribution >= 0.6 is 0 Å². The van der Waals surface area contributed by atoms with E-state index in [9.17, 15) is 18.0 Å². The van der Waals surface area contributed by atoms with Crippen molar-refractivity contribution in [1.82, 2.24) is 10.0 Å². The van der Waals surface area contributed by atoms with Gasteiger partial charge in [-0.3, -0.25) is 4.79 Å². The first kappa shape index (κ1) is 18.9. The number of nitrogens with one attached hydrogen (secondary N) is 2. The molecule has 8 heteroatoms. The van der Waals surface area contributed by atoms with Crippen LogP contribution in [-0.2, 0) is 14.8 Å². The molecule has 0 aromatic heterocycles. The molecule has 1 amide bonds. The van der Waals surface area contributed by atoms with Crippen molar-refractivity contribution in [3.8, 4) is 0 Å². The minimum absolute atomic E-state index is 0.00884. The second-order valence-corrected chi connectivity index (χ2v) is 6.97.